The molecule has 1 atom stereocenters. The van der Waals surface area contributed by atoms with E-state index < -0.39 is 0 Å². The van der Waals surface area contributed by atoms with Crippen molar-refractivity contribution >= 4 is 0 Å². The molecule has 1 aliphatic carbocycles. The Morgan fingerprint density at radius 2 is 1.90 bits per heavy atom. The first kappa shape index (κ1) is 8.06. The molecule has 0 radical (unpaired) electrons. The van der Waals surface area contributed by atoms with Crippen molar-refractivity contribution < 1.29 is 0 Å². The van der Waals surface area contributed by atoms with Gasteiger partial charge in [-0.1, -0.05) is 33.6 Å². The molecule has 10 heavy (non-hydrogen) atoms. The van der Waals surface area contributed by atoms with Crippen LogP contribution in [0.1, 0.15) is 40.0 Å². The van der Waals surface area contributed by atoms with Gasteiger partial charge in [0.25, 0.3) is 0 Å². The van der Waals surface area contributed by atoms with E-state index in [-0.39, 0.29) is 0 Å². The van der Waals surface area contributed by atoms with Crippen molar-refractivity contribution in [2.75, 3.05) is 0 Å². The molecule has 60 valence electrons. The van der Waals surface area contributed by atoms with Crippen LogP contribution in [0.2, 0.25) is 0 Å². The molecule has 0 spiro atoms. The van der Waals surface area contributed by atoms with Crippen LogP contribution >= 0.6 is 0 Å². The van der Waals surface area contributed by atoms with Crippen LogP contribution in [0.15, 0.2) is 0 Å². The van der Waals surface area contributed by atoms with E-state index in [1.807, 2.05) is 0 Å². The van der Waals surface area contributed by atoms with Crippen LogP contribution < -0.4 is 5.73 Å². The fraction of sp³-hybridized carbons (Fsp3) is 1.00. The lowest BCUT2D eigenvalue weighted by atomic mass is 9.84. The van der Waals surface area contributed by atoms with Gasteiger partial charge in [0.05, 0.1) is 0 Å². The minimum atomic E-state index is 0.308. The van der Waals surface area contributed by atoms with Gasteiger partial charge in [0, 0.05) is 6.04 Å². The second-order valence-electron chi connectivity index (χ2n) is 4.65. The SMILES string of the molecule is CC(C)(C)C(N)CC1CC1. The molecule has 0 amide bonds. The maximum atomic E-state index is 5.99. The molecular weight excluding hydrogens is 122 g/mol. The lowest BCUT2D eigenvalue weighted by Crippen LogP contribution is -2.35. The summed E-state index contributed by atoms with van der Waals surface area (Å²) in [6.07, 6.45) is 4.08. The van der Waals surface area contributed by atoms with Gasteiger partial charge in [-0.3, -0.25) is 0 Å². The normalized spacial score (nSPS) is 22.8. The zero-order valence-electron chi connectivity index (χ0n) is 7.35. The van der Waals surface area contributed by atoms with Crippen molar-refractivity contribution in [3.8, 4) is 0 Å². The van der Waals surface area contributed by atoms with Gasteiger partial charge in [-0.25, -0.2) is 0 Å². The molecular formula is C9H19N. The predicted molar refractivity (Wildman–Crippen MR) is 44.8 cm³/mol. The Morgan fingerprint density at radius 1 is 1.40 bits per heavy atom. The highest BCUT2D eigenvalue weighted by Crippen LogP contribution is 2.36. The van der Waals surface area contributed by atoms with E-state index in [4.69, 9.17) is 5.73 Å². The third-order valence-corrected chi connectivity index (χ3v) is 2.40. The summed E-state index contributed by atoms with van der Waals surface area (Å²) in [6, 6.07) is 0.403. The molecule has 1 unspecified atom stereocenters. The standard InChI is InChI=1S/C9H19N/c1-9(2,3)8(10)6-7-4-5-7/h7-8H,4-6,10H2,1-3H3. The Labute approximate surface area is 64.0 Å². The third-order valence-electron chi connectivity index (χ3n) is 2.40. The highest BCUT2D eigenvalue weighted by Gasteiger charge is 2.29. The van der Waals surface area contributed by atoms with Gasteiger partial charge in [-0.05, 0) is 17.8 Å². The third kappa shape index (κ3) is 2.30. The van der Waals surface area contributed by atoms with Crippen molar-refractivity contribution in [3.05, 3.63) is 0 Å². The van der Waals surface area contributed by atoms with Gasteiger partial charge in [-0.15, -0.1) is 0 Å². The first-order valence-electron chi connectivity index (χ1n) is 4.26. The van der Waals surface area contributed by atoms with Gasteiger partial charge >= 0.3 is 0 Å². The van der Waals surface area contributed by atoms with Crippen LogP contribution in [0.4, 0.5) is 0 Å². The van der Waals surface area contributed by atoms with Gasteiger partial charge in [0.1, 0.15) is 0 Å². The Bertz CT molecular complexity index is 108. The summed E-state index contributed by atoms with van der Waals surface area (Å²) in [5, 5.41) is 0. The van der Waals surface area contributed by atoms with Crippen LogP contribution in [-0.4, -0.2) is 6.04 Å². The second-order valence-corrected chi connectivity index (χ2v) is 4.65. The number of nitrogens with two attached hydrogens (primary N) is 1. The summed E-state index contributed by atoms with van der Waals surface area (Å²) in [7, 11) is 0. The van der Waals surface area contributed by atoms with E-state index in [1.54, 1.807) is 0 Å². The fourth-order valence-electron chi connectivity index (χ4n) is 1.07. The number of hydrogen-bond acceptors (Lipinski definition) is 1. The zero-order valence-corrected chi connectivity index (χ0v) is 7.35. The van der Waals surface area contributed by atoms with Crippen molar-refractivity contribution in [2.45, 2.75) is 46.1 Å². The van der Waals surface area contributed by atoms with Crippen LogP contribution in [-0.2, 0) is 0 Å². The van der Waals surface area contributed by atoms with E-state index in [9.17, 15) is 0 Å². The van der Waals surface area contributed by atoms with E-state index in [1.165, 1.54) is 19.3 Å². The van der Waals surface area contributed by atoms with E-state index >= 15 is 0 Å². The van der Waals surface area contributed by atoms with E-state index in [2.05, 4.69) is 20.8 Å². The van der Waals surface area contributed by atoms with Crippen LogP contribution in [0.3, 0.4) is 0 Å². The van der Waals surface area contributed by atoms with E-state index in [0.29, 0.717) is 11.5 Å². The average molecular weight is 141 g/mol. The predicted octanol–water partition coefficient (Wildman–Crippen LogP) is 2.16. The van der Waals surface area contributed by atoms with Gasteiger partial charge in [-0.2, -0.15) is 0 Å². The summed E-state index contributed by atoms with van der Waals surface area (Å²) in [5.74, 6) is 0.967. The molecule has 1 nitrogen and oxygen atoms in total. The molecule has 0 bridgehead atoms. The molecule has 1 heteroatoms. The largest absolute Gasteiger partial charge is 0.327 e. The maximum Gasteiger partial charge on any atom is 0.00902 e. The molecule has 1 saturated carbocycles. The zero-order chi connectivity index (χ0) is 7.78. The molecule has 1 fully saturated rings. The van der Waals surface area contributed by atoms with Crippen LogP contribution in [0.5, 0.6) is 0 Å². The molecule has 0 aromatic rings. The quantitative estimate of drug-likeness (QED) is 0.626. The minimum Gasteiger partial charge on any atom is -0.327 e. The molecule has 0 aromatic heterocycles. The van der Waals surface area contributed by atoms with Gasteiger partial charge in [0.15, 0.2) is 0 Å². The summed E-state index contributed by atoms with van der Waals surface area (Å²) < 4.78 is 0. The monoisotopic (exact) mass is 141 g/mol. The summed E-state index contributed by atoms with van der Waals surface area (Å²) >= 11 is 0. The Balaban J connectivity index is 2.25. The molecule has 1 rings (SSSR count). The average Bonchev–Trinajstić information content (AvgIpc) is 2.47. The first-order valence-corrected chi connectivity index (χ1v) is 4.26. The highest BCUT2D eigenvalue weighted by molar-refractivity contribution is 4.84. The number of rotatable bonds is 2. The molecule has 1 aliphatic rings. The molecule has 0 aromatic carbocycles. The van der Waals surface area contributed by atoms with Crippen LogP contribution in [0.25, 0.3) is 0 Å². The molecule has 2 N–H and O–H groups in total. The number of hydrogen-bond donors (Lipinski definition) is 1. The smallest absolute Gasteiger partial charge is 0.00902 e. The second kappa shape index (κ2) is 2.54. The fourth-order valence-corrected chi connectivity index (χ4v) is 1.07. The summed E-state index contributed by atoms with van der Waals surface area (Å²) in [4.78, 5) is 0. The van der Waals surface area contributed by atoms with Gasteiger partial charge < -0.3 is 5.73 Å². The molecule has 0 heterocycles. The van der Waals surface area contributed by atoms with Crippen molar-refractivity contribution in [1.82, 2.24) is 0 Å². The lowest BCUT2D eigenvalue weighted by Gasteiger charge is -2.26. The lowest BCUT2D eigenvalue weighted by molar-refractivity contribution is 0.296. The maximum absolute atomic E-state index is 5.99. The first-order chi connectivity index (χ1) is 4.50. The Morgan fingerprint density at radius 3 is 2.20 bits per heavy atom. The van der Waals surface area contributed by atoms with E-state index in [0.717, 1.165) is 5.92 Å². The molecule has 0 aliphatic heterocycles. The minimum absolute atomic E-state index is 0.308. The molecule has 0 saturated heterocycles. The Hall–Kier alpha value is -0.0400. The Kier molecular flexibility index (Phi) is 2.04. The van der Waals surface area contributed by atoms with Crippen molar-refractivity contribution in [2.24, 2.45) is 17.1 Å². The van der Waals surface area contributed by atoms with Crippen molar-refractivity contribution in [1.29, 1.82) is 0 Å². The van der Waals surface area contributed by atoms with Crippen molar-refractivity contribution in [3.63, 3.8) is 0 Å². The summed E-state index contributed by atoms with van der Waals surface area (Å²) in [5.41, 5.74) is 6.30. The van der Waals surface area contributed by atoms with Crippen LogP contribution in [0, 0.1) is 11.3 Å². The topological polar surface area (TPSA) is 26.0 Å². The van der Waals surface area contributed by atoms with Gasteiger partial charge in [0.2, 0.25) is 0 Å². The summed E-state index contributed by atoms with van der Waals surface area (Å²) in [6.45, 7) is 6.67. The highest BCUT2D eigenvalue weighted by atomic mass is 14.7.